The molecule has 0 saturated heterocycles. The molecule has 0 aliphatic heterocycles. The number of methoxy groups -OCH3 is 1. The van der Waals surface area contributed by atoms with Crippen LogP contribution >= 0.6 is 0 Å². The van der Waals surface area contributed by atoms with Crippen molar-refractivity contribution < 1.29 is 17.5 Å². The van der Waals surface area contributed by atoms with Crippen LogP contribution in [-0.4, -0.2) is 35.1 Å². The van der Waals surface area contributed by atoms with Crippen LogP contribution in [0.1, 0.15) is 31.9 Å². The monoisotopic (exact) mass is 505 g/mol. The molecule has 0 amide bonds. The zero-order valence-electron chi connectivity index (χ0n) is 19.8. The minimum atomic E-state index is -4.00. The summed E-state index contributed by atoms with van der Waals surface area (Å²) in [6.45, 7) is 2.23. The lowest BCUT2D eigenvalue weighted by molar-refractivity contribution is 0.400. The lowest BCUT2D eigenvalue weighted by Crippen LogP contribution is -2.14. The molecule has 8 nitrogen and oxygen atoms in total. The Hall–Kier alpha value is -3.97. The predicted molar refractivity (Wildman–Crippen MR) is 133 cm³/mol. The summed E-state index contributed by atoms with van der Waals surface area (Å²) in [5.41, 5.74) is 2.58. The maximum absolute atomic E-state index is 13.3. The third kappa shape index (κ3) is 4.75. The first-order chi connectivity index (χ1) is 17.3. The number of fused-ring (bicyclic) bond motifs is 1. The van der Waals surface area contributed by atoms with Gasteiger partial charge in [-0.3, -0.25) is 4.72 Å². The molecule has 0 radical (unpaired) electrons. The molecule has 1 N–H and O–H groups in total. The molecule has 4 aromatic rings. The molecule has 10 heteroatoms. The van der Waals surface area contributed by atoms with E-state index in [1.165, 1.54) is 32.1 Å². The second-order valence-electron chi connectivity index (χ2n) is 8.76. The van der Waals surface area contributed by atoms with E-state index >= 15 is 0 Å². The third-order valence-electron chi connectivity index (χ3n) is 6.32. The first-order valence-electron chi connectivity index (χ1n) is 11.5. The quantitative estimate of drug-likeness (QED) is 0.400. The van der Waals surface area contributed by atoms with Crippen molar-refractivity contribution in [1.29, 1.82) is 0 Å². The number of benzene rings is 1. The highest BCUT2D eigenvalue weighted by atomic mass is 32.2. The van der Waals surface area contributed by atoms with Crippen molar-refractivity contribution in [3.05, 3.63) is 66.4 Å². The average Bonchev–Trinajstić information content (AvgIpc) is 3.47. The van der Waals surface area contributed by atoms with Crippen molar-refractivity contribution in [2.45, 2.75) is 31.1 Å². The van der Waals surface area contributed by atoms with Gasteiger partial charge in [0.1, 0.15) is 17.2 Å². The normalized spacial score (nSPS) is 17.5. The summed E-state index contributed by atoms with van der Waals surface area (Å²) in [6, 6.07) is 9.72. The standard InChI is InChI=1S/C26H24FN5O3S/c1-17-4-3-5-18(17)6-9-21-16-28-25-13-12-23(30-32(21)25)19-14-24(26(35-2)29-15-19)31-36(33,34)22-10-7-20(27)8-11-22/h7-8,10-18,31H,3-5H2,1-2H3. The highest BCUT2D eigenvalue weighted by Gasteiger charge is 2.21. The van der Waals surface area contributed by atoms with Gasteiger partial charge in [0.05, 0.1) is 23.9 Å². The number of rotatable bonds is 5. The van der Waals surface area contributed by atoms with Crippen LogP contribution in [-0.2, 0) is 10.0 Å². The summed E-state index contributed by atoms with van der Waals surface area (Å²) < 4.78 is 48.4. The number of halogens is 1. The number of hydrogen-bond donors (Lipinski definition) is 1. The van der Waals surface area contributed by atoms with Crippen molar-refractivity contribution in [3.63, 3.8) is 0 Å². The summed E-state index contributed by atoms with van der Waals surface area (Å²) in [5, 5.41) is 4.68. The lowest BCUT2D eigenvalue weighted by atomic mass is 9.99. The van der Waals surface area contributed by atoms with Crippen LogP contribution < -0.4 is 9.46 Å². The van der Waals surface area contributed by atoms with E-state index in [2.05, 4.69) is 38.6 Å². The molecule has 2 atom stereocenters. The number of hydrogen-bond acceptors (Lipinski definition) is 6. The summed E-state index contributed by atoms with van der Waals surface area (Å²) in [4.78, 5) is 8.56. The van der Waals surface area contributed by atoms with E-state index in [9.17, 15) is 12.8 Å². The first-order valence-corrected chi connectivity index (χ1v) is 13.0. The van der Waals surface area contributed by atoms with Gasteiger partial charge in [-0.2, -0.15) is 5.10 Å². The van der Waals surface area contributed by atoms with Crippen LogP contribution in [0.3, 0.4) is 0 Å². The number of imidazole rings is 1. The molecule has 36 heavy (non-hydrogen) atoms. The fourth-order valence-electron chi connectivity index (χ4n) is 4.28. The molecular formula is C26H24FN5O3S. The van der Waals surface area contributed by atoms with E-state index in [1.54, 1.807) is 29.0 Å². The van der Waals surface area contributed by atoms with Crippen LogP contribution in [0, 0.1) is 29.5 Å². The fourth-order valence-corrected chi connectivity index (χ4v) is 5.33. The minimum Gasteiger partial charge on any atom is -0.480 e. The summed E-state index contributed by atoms with van der Waals surface area (Å²) in [6.07, 6.45) is 6.76. The SMILES string of the molecule is COc1ncc(-c2ccc3ncc(C#CC4CCCC4C)n3n2)cc1NS(=O)(=O)c1ccc(F)cc1. The molecule has 3 heterocycles. The van der Waals surface area contributed by atoms with Crippen molar-refractivity contribution in [3.8, 4) is 29.0 Å². The number of sulfonamides is 1. The Morgan fingerprint density at radius 3 is 2.64 bits per heavy atom. The Bertz CT molecular complexity index is 1590. The molecule has 2 unspecified atom stereocenters. The molecule has 0 bridgehead atoms. The van der Waals surface area contributed by atoms with Gasteiger partial charge < -0.3 is 4.74 Å². The molecule has 1 aromatic carbocycles. The van der Waals surface area contributed by atoms with Crippen LogP contribution in [0.5, 0.6) is 5.88 Å². The molecule has 1 aliphatic carbocycles. The number of anilines is 1. The fraction of sp³-hybridized carbons (Fsp3) is 0.269. The highest BCUT2D eigenvalue weighted by molar-refractivity contribution is 7.92. The number of nitrogens with zero attached hydrogens (tertiary/aromatic N) is 4. The molecule has 1 aliphatic rings. The van der Waals surface area contributed by atoms with E-state index in [4.69, 9.17) is 4.74 Å². The topological polar surface area (TPSA) is 98.5 Å². The Balaban J connectivity index is 1.49. The maximum atomic E-state index is 13.3. The Labute approximate surface area is 208 Å². The van der Waals surface area contributed by atoms with Gasteiger partial charge in [-0.05, 0) is 67.1 Å². The Morgan fingerprint density at radius 1 is 1.11 bits per heavy atom. The lowest BCUT2D eigenvalue weighted by Gasteiger charge is -2.12. The van der Waals surface area contributed by atoms with E-state index in [0.29, 0.717) is 34.4 Å². The zero-order chi connectivity index (χ0) is 25.3. The van der Waals surface area contributed by atoms with E-state index in [-0.39, 0.29) is 16.5 Å². The molecule has 0 spiro atoms. The van der Waals surface area contributed by atoms with Gasteiger partial charge in [0.25, 0.3) is 10.0 Å². The van der Waals surface area contributed by atoms with Crippen LogP contribution in [0.2, 0.25) is 0 Å². The van der Waals surface area contributed by atoms with Gasteiger partial charge in [0.15, 0.2) is 5.65 Å². The zero-order valence-corrected chi connectivity index (χ0v) is 20.6. The Morgan fingerprint density at radius 2 is 1.92 bits per heavy atom. The van der Waals surface area contributed by atoms with Gasteiger partial charge in [0, 0.05) is 17.7 Å². The van der Waals surface area contributed by atoms with Crippen LogP contribution in [0.4, 0.5) is 10.1 Å². The Kier molecular flexibility index (Phi) is 6.33. The number of pyridine rings is 1. The molecule has 1 saturated carbocycles. The van der Waals surface area contributed by atoms with Gasteiger partial charge in [-0.1, -0.05) is 19.3 Å². The maximum Gasteiger partial charge on any atom is 0.262 e. The molecule has 3 aromatic heterocycles. The van der Waals surface area contributed by atoms with Gasteiger partial charge in [0.2, 0.25) is 5.88 Å². The first kappa shape index (κ1) is 23.8. The number of ether oxygens (including phenoxy) is 1. The van der Waals surface area contributed by atoms with E-state index < -0.39 is 15.8 Å². The summed E-state index contributed by atoms with van der Waals surface area (Å²) >= 11 is 0. The van der Waals surface area contributed by atoms with Crippen molar-refractivity contribution in [1.82, 2.24) is 19.6 Å². The highest BCUT2D eigenvalue weighted by Crippen LogP contribution is 2.31. The molecular weight excluding hydrogens is 481 g/mol. The van der Waals surface area contributed by atoms with Crippen molar-refractivity contribution >= 4 is 21.4 Å². The molecule has 184 valence electrons. The van der Waals surface area contributed by atoms with Crippen LogP contribution in [0.15, 0.2) is 59.8 Å². The summed E-state index contributed by atoms with van der Waals surface area (Å²) in [5.74, 6) is 7.13. The second kappa shape index (κ2) is 9.59. The molecule has 5 rings (SSSR count). The van der Waals surface area contributed by atoms with E-state index in [1.807, 2.05) is 6.07 Å². The third-order valence-corrected chi connectivity index (χ3v) is 7.70. The van der Waals surface area contributed by atoms with Crippen LogP contribution in [0.25, 0.3) is 16.9 Å². The molecule has 1 fully saturated rings. The van der Waals surface area contributed by atoms with Gasteiger partial charge in [-0.15, -0.1) is 0 Å². The summed E-state index contributed by atoms with van der Waals surface area (Å²) in [7, 11) is -2.61. The van der Waals surface area contributed by atoms with Gasteiger partial charge >= 0.3 is 0 Å². The van der Waals surface area contributed by atoms with E-state index in [0.717, 1.165) is 18.6 Å². The largest absolute Gasteiger partial charge is 0.480 e. The van der Waals surface area contributed by atoms with Crippen molar-refractivity contribution in [2.24, 2.45) is 11.8 Å². The number of nitrogens with one attached hydrogen (secondary N) is 1. The average molecular weight is 506 g/mol. The smallest absolute Gasteiger partial charge is 0.262 e. The minimum absolute atomic E-state index is 0.0883. The van der Waals surface area contributed by atoms with Crippen molar-refractivity contribution in [2.75, 3.05) is 11.8 Å². The second-order valence-corrected chi connectivity index (χ2v) is 10.4. The number of aromatic nitrogens is 4. The van der Waals surface area contributed by atoms with Gasteiger partial charge in [-0.25, -0.2) is 27.3 Å². The predicted octanol–water partition coefficient (Wildman–Crippen LogP) is 4.53.